The van der Waals surface area contributed by atoms with Gasteiger partial charge in [-0.2, -0.15) is 0 Å². The van der Waals surface area contributed by atoms with Crippen LogP contribution in [0.4, 0.5) is 5.95 Å². The molecule has 23 heavy (non-hydrogen) atoms. The Kier molecular flexibility index (Phi) is 4.43. The van der Waals surface area contributed by atoms with Gasteiger partial charge in [0.2, 0.25) is 5.95 Å². The van der Waals surface area contributed by atoms with Gasteiger partial charge in [-0.05, 0) is 38.8 Å². The molecule has 0 atom stereocenters. The normalized spacial score (nSPS) is 16.5. The average molecular weight is 356 g/mol. The number of carbonyl (C=O) groups is 1. The van der Waals surface area contributed by atoms with Crippen molar-refractivity contribution in [1.82, 2.24) is 9.55 Å². The number of hydrogen-bond donors (Lipinski definition) is 1. The molecule has 5 nitrogen and oxygen atoms in total. The number of imidazole rings is 1. The highest BCUT2D eigenvalue weighted by molar-refractivity contribution is 6.42. The first-order valence-corrected chi connectivity index (χ1v) is 8.48. The number of rotatable bonds is 3. The molecule has 0 radical (unpaired) electrons. The summed E-state index contributed by atoms with van der Waals surface area (Å²) in [5.41, 5.74) is 1.76. The van der Waals surface area contributed by atoms with Crippen LogP contribution in [0, 0.1) is 5.92 Å². The SMILES string of the molecule is CC(C)n1c(N2CCC(C(=O)O)CC2)nc2cc(Cl)c(Cl)cc21. The van der Waals surface area contributed by atoms with Crippen LogP contribution >= 0.6 is 23.2 Å². The number of aliphatic carboxylic acids is 1. The minimum absolute atomic E-state index is 0.212. The number of anilines is 1. The molecule has 0 saturated carbocycles. The van der Waals surface area contributed by atoms with E-state index in [0.717, 1.165) is 17.0 Å². The molecule has 1 aromatic heterocycles. The summed E-state index contributed by atoms with van der Waals surface area (Å²) in [6.07, 6.45) is 1.27. The molecule has 3 rings (SSSR count). The van der Waals surface area contributed by atoms with Crippen LogP contribution in [-0.2, 0) is 4.79 Å². The molecule has 2 aromatic rings. The predicted molar refractivity (Wildman–Crippen MR) is 92.7 cm³/mol. The highest BCUT2D eigenvalue weighted by Crippen LogP contribution is 2.34. The van der Waals surface area contributed by atoms with Crippen LogP contribution < -0.4 is 4.90 Å². The fourth-order valence-electron chi connectivity index (χ4n) is 3.14. The third kappa shape index (κ3) is 3.00. The monoisotopic (exact) mass is 355 g/mol. The van der Waals surface area contributed by atoms with Gasteiger partial charge in [0.05, 0.1) is 27.0 Å². The highest BCUT2D eigenvalue weighted by Gasteiger charge is 2.28. The number of nitrogens with zero attached hydrogens (tertiary/aromatic N) is 3. The molecule has 1 aromatic carbocycles. The molecule has 1 saturated heterocycles. The molecule has 1 fully saturated rings. The van der Waals surface area contributed by atoms with Gasteiger partial charge in [-0.15, -0.1) is 0 Å². The fourth-order valence-corrected chi connectivity index (χ4v) is 3.45. The standard InChI is InChI=1S/C16H19Cl2N3O2/c1-9(2)21-14-8-12(18)11(17)7-13(14)19-16(21)20-5-3-10(4-6-20)15(22)23/h7-10H,3-6H2,1-2H3,(H,22,23). The number of carboxylic acids is 1. The van der Waals surface area contributed by atoms with Crippen LogP contribution in [0.25, 0.3) is 11.0 Å². The molecular formula is C16H19Cl2N3O2. The zero-order valence-electron chi connectivity index (χ0n) is 13.1. The lowest BCUT2D eigenvalue weighted by Crippen LogP contribution is -2.38. The fraction of sp³-hybridized carbons (Fsp3) is 0.500. The Morgan fingerprint density at radius 1 is 1.26 bits per heavy atom. The molecule has 1 aliphatic rings. The number of hydrogen-bond acceptors (Lipinski definition) is 3. The van der Waals surface area contributed by atoms with E-state index in [2.05, 4.69) is 23.3 Å². The molecule has 0 aliphatic carbocycles. The quantitative estimate of drug-likeness (QED) is 0.894. The lowest BCUT2D eigenvalue weighted by atomic mass is 9.97. The van der Waals surface area contributed by atoms with Crippen LogP contribution in [0.1, 0.15) is 32.7 Å². The Labute approximate surface area is 144 Å². The molecule has 2 heterocycles. The van der Waals surface area contributed by atoms with Crippen LogP contribution in [0.15, 0.2) is 12.1 Å². The topological polar surface area (TPSA) is 58.4 Å². The van der Waals surface area contributed by atoms with Crippen LogP contribution in [-0.4, -0.2) is 33.7 Å². The van der Waals surface area contributed by atoms with Crippen LogP contribution in [0.2, 0.25) is 10.0 Å². The molecule has 7 heteroatoms. The van der Waals surface area contributed by atoms with Crippen molar-refractivity contribution in [2.45, 2.75) is 32.7 Å². The van der Waals surface area contributed by atoms with Crippen molar-refractivity contribution in [3.8, 4) is 0 Å². The van der Waals surface area contributed by atoms with Crippen molar-refractivity contribution < 1.29 is 9.90 Å². The summed E-state index contributed by atoms with van der Waals surface area (Å²) < 4.78 is 2.14. The van der Waals surface area contributed by atoms with E-state index in [4.69, 9.17) is 33.3 Å². The third-order valence-electron chi connectivity index (χ3n) is 4.36. The Morgan fingerprint density at radius 3 is 2.43 bits per heavy atom. The van der Waals surface area contributed by atoms with Crippen molar-refractivity contribution in [2.75, 3.05) is 18.0 Å². The largest absolute Gasteiger partial charge is 0.481 e. The Morgan fingerprint density at radius 2 is 1.87 bits per heavy atom. The summed E-state index contributed by atoms with van der Waals surface area (Å²) in [6, 6.07) is 3.84. The lowest BCUT2D eigenvalue weighted by Gasteiger charge is -2.32. The van der Waals surface area contributed by atoms with E-state index < -0.39 is 5.97 Å². The summed E-state index contributed by atoms with van der Waals surface area (Å²) in [5.74, 6) is -0.107. The summed E-state index contributed by atoms with van der Waals surface area (Å²) >= 11 is 12.3. The number of halogens is 2. The van der Waals surface area contributed by atoms with Gasteiger partial charge in [-0.1, -0.05) is 23.2 Å². The molecular weight excluding hydrogens is 337 g/mol. The molecule has 0 bridgehead atoms. The van der Waals surface area contributed by atoms with Crippen molar-refractivity contribution in [3.63, 3.8) is 0 Å². The van der Waals surface area contributed by atoms with Crippen LogP contribution in [0.3, 0.4) is 0 Å². The Balaban J connectivity index is 2.00. The molecule has 0 amide bonds. The van der Waals surface area contributed by atoms with E-state index >= 15 is 0 Å². The summed E-state index contributed by atoms with van der Waals surface area (Å²) in [7, 11) is 0. The van der Waals surface area contributed by atoms with Gasteiger partial charge in [-0.3, -0.25) is 4.79 Å². The third-order valence-corrected chi connectivity index (χ3v) is 5.08. The van der Waals surface area contributed by atoms with Crippen molar-refractivity contribution >= 4 is 46.2 Å². The average Bonchev–Trinajstić information content (AvgIpc) is 2.86. The van der Waals surface area contributed by atoms with Gasteiger partial charge < -0.3 is 14.6 Å². The minimum atomic E-state index is -0.708. The van der Waals surface area contributed by atoms with Gasteiger partial charge in [0.1, 0.15) is 0 Å². The minimum Gasteiger partial charge on any atom is -0.481 e. The highest BCUT2D eigenvalue weighted by atomic mass is 35.5. The Bertz CT molecular complexity index is 749. The molecule has 0 spiro atoms. The zero-order valence-corrected chi connectivity index (χ0v) is 14.6. The van der Waals surface area contributed by atoms with Gasteiger partial charge in [0, 0.05) is 19.1 Å². The maximum absolute atomic E-state index is 11.1. The molecule has 0 unspecified atom stereocenters. The van der Waals surface area contributed by atoms with E-state index in [1.807, 2.05) is 6.07 Å². The molecule has 1 N–H and O–H groups in total. The number of aromatic nitrogens is 2. The maximum atomic E-state index is 11.1. The number of benzene rings is 1. The number of carboxylic acid groups (broad SMARTS) is 1. The lowest BCUT2D eigenvalue weighted by molar-refractivity contribution is -0.142. The van der Waals surface area contributed by atoms with Crippen LogP contribution in [0.5, 0.6) is 0 Å². The zero-order chi connectivity index (χ0) is 16.7. The van der Waals surface area contributed by atoms with Gasteiger partial charge in [-0.25, -0.2) is 4.98 Å². The van der Waals surface area contributed by atoms with E-state index in [0.29, 0.717) is 36.0 Å². The van der Waals surface area contributed by atoms with Gasteiger partial charge in [0.25, 0.3) is 0 Å². The summed E-state index contributed by atoms with van der Waals surface area (Å²) in [4.78, 5) is 18.0. The maximum Gasteiger partial charge on any atom is 0.306 e. The van der Waals surface area contributed by atoms with Crippen molar-refractivity contribution in [1.29, 1.82) is 0 Å². The molecule has 1 aliphatic heterocycles. The second-order valence-corrected chi connectivity index (χ2v) is 7.04. The van der Waals surface area contributed by atoms with Crippen molar-refractivity contribution in [2.24, 2.45) is 5.92 Å². The van der Waals surface area contributed by atoms with Gasteiger partial charge >= 0.3 is 5.97 Å². The smallest absolute Gasteiger partial charge is 0.306 e. The summed E-state index contributed by atoms with van der Waals surface area (Å²) in [6.45, 7) is 5.57. The number of fused-ring (bicyclic) bond motifs is 1. The van der Waals surface area contributed by atoms with E-state index in [-0.39, 0.29) is 12.0 Å². The van der Waals surface area contributed by atoms with E-state index in [9.17, 15) is 4.79 Å². The first kappa shape index (κ1) is 16.4. The first-order chi connectivity index (χ1) is 10.9. The van der Waals surface area contributed by atoms with E-state index in [1.54, 1.807) is 6.07 Å². The number of piperidine rings is 1. The van der Waals surface area contributed by atoms with Gasteiger partial charge in [0.15, 0.2) is 0 Å². The second kappa shape index (κ2) is 6.21. The predicted octanol–water partition coefficient (Wildman–Crippen LogP) is 4.23. The van der Waals surface area contributed by atoms with E-state index in [1.165, 1.54) is 0 Å². The second-order valence-electron chi connectivity index (χ2n) is 6.23. The Hall–Kier alpha value is -1.46. The summed E-state index contributed by atoms with van der Waals surface area (Å²) in [5, 5.41) is 10.1. The first-order valence-electron chi connectivity index (χ1n) is 7.73. The molecule has 124 valence electrons. The van der Waals surface area contributed by atoms with Crippen molar-refractivity contribution in [3.05, 3.63) is 22.2 Å².